The number of rotatable bonds is 3. The average molecular weight is 223 g/mol. The molecule has 0 aliphatic heterocycles. The molecule has 0 unspecified atom stereocenters. The van der Waals surface area contributed by atoms with Gasteiger partial charge in [0, 0.05) is 5.56 Å². The van der Waals surface area contributed by atoms with E-state index in [9.17, 15) is 13.6 Å². The fraction of sp³-hybridized carbons (Fsp3) is 0.0909. The van der Waals surface area contributed by atoms with Gasteiger partial charge in [-0.25, -0.2) is 13.6 Å². The summed E-state index contributed by atoms with van der Waals surface area (Å²) in [6, 6.07) is 4.82. The molecule has 0 fully saturated rings. The Morgan fingerprint density at radius 1 is 1.44 bits per heavy atom. The SMILES string of the molecule is N#CC/C(=C\c1c(F)cccc1F)C(=O)O. The molecule has 0 aliphatic rings. The summed E-state index contributed by atoms with van der Waals surface area (Å²) in [5, 5.41) is 17.0. The first-order valence-corrected chi connectivity index (χ1v) is 4.31. The van der Waals surface area contributed by atoms with Crippen LogP contribution in [0.25, 0.3) is 6.08 Å². The van der Waals surface area contributed by atoms with E-state index >= 15 is 0 Å². The number of carboxylic acid groups (broad SMARTS) is 1. The molecule has 0 bridgehead atoms. The molecule has 1 aromatic carbocycles. The van der Waals surface area contributed by atoms with Crippen LogP contribution in [-0.4, -0.2) is 11.1 Å². The van der Waals surface area contributed by atoms with E-state index in [1.54, 1.807) is 6.07 Å². The first-order valence-electron chi connectivity index (χ1n) is 4.31. The van der Waals surface area contributed by atoms with E-state index < -0.39 is 29.6 Å². The Morgan fingerprint density at radius 2 is 2.00 bits per heavy atom. The minimum atomic E-state index is -1.37. The van der Waals surface area contributed by atoms with Crippen LogP contribution in [0, 0.1) is 23.0 Å². The number of carboxylic acids is 1. The van der Waals surface area contributed by atoms with Crippen LogP contribution in [-0.2, 0) is 4.79 Å². The molecule has 0 atom stereocenters. The van der Waals surface area contributed by atoms with Crippen molar-refractivity contribution in [3.8, 4) is 6.07 Å². The topological polar surface area (TPSA) is 61.1 Å². The lowest BCUT2D eigenvalue weighted by atomic mass is 10.1. The lowest BCUT2D eigenvalue weighted by Crippen LogP contribution is -2.00. The van der Waals surface area contributed by atoms with Crippen LogP contribution in [0.4, 0.5) is 8.78 Å². The van der Waals surface area contributed by atoms with Crippen LogP contribution in [0.3, 0.4) is 0 Å². The minimum Gasteiger partial charge on any atom is -0.478 e. The van der Waals surface area contributed by atoms with Crippen molar-refractivity contribution in [3.05, 3.63) is 41.0 Å². The summed E-state index contributed by atoms with van der Waals surface area (Å²) >= 11 is 0. The Morgan fingerprint density at radius 3 is 2.44 bits per heavy atom. The van der Waals surface area contributed by atoms with Crippen molar-refractivity contribution in [2.24, 2.45) is 0 Å². The second-order valence-corrected chi connectivity index (χ2v) is 2.94. The minimum absolute atomic E-state index is 0.355. The fourth-order valence-corrected chi connectivity index (χ4v) is 1.10. The van der Waals surface area contributed by atoms with Crippen LogP contribution in [0.2, 0.25) is 0 Å². The summed E-state index contributed by atoms with van der Waals surface area (Å²) in [5.74, 6) is -3.10. The largest absolute Gasteiger partial charge is 0.478 e. The second kappa shape index (κ2) is 5.03. The van der Waals surface area contributed by atoms with Gasteiger partial charge in [0.1, 0.15) is 11.6 Å². The van der Waals surface area contributed by atoms with Gasteiger partial charge < -0.3 is 5.11 Å². The lowest BCUT2D eigenvalue weighted by Gasteiger charge is -2.00. The van der Waals surface area contributed by atoms with Gasteiger partial charge in [-0.2, -0.15) is 5.26 Å². The van der Waals surface area contributed by atoms with Gasteiger partial charge in [0.25, 0.3) is 0 Å². The number of hydrogen-bond donors (Lipinski definition) is 1. The summed E-state index contributed by atoms with van der Waals surface area (Å²) in [4.78, 5) is 10.7. The van der Waals surface area contributed by atoms with Gasteiger partial charge >= 0.3 is 5.97 Å². The molecule has 0 saturated heterocycles. The molecule has 0 heterocycles. The van der Waals surface area contributed by atoms with E-state index in [0.717, 1.165) is 18.2 Å². The van der Waals surface area contributed by atoms with Crippen LogP contribution < -0.4 is 0 Å². The summed E-state index contributed by atoms with van der Waals surface area (Å²) < 4.78 is 26.3. The van der Waals surface area contributed by atoms with E-state index in [0.29, 0.717) is 0 Å². The molecule has 0 aromatic heterocycles. The number of hydrogen-bond acceptors (Lipinski definition) is 2. The quantitative estimate of drug-likeness (QED) is 0.800. The number of nitriles is 1. The van der Waals surface area contributed by atoms with Crippen molar-refractivity contribution in [1.29, 1.82) is 5.26 Å². The third-order valence-electron chi connectivity index (χ3n) is 1.86. The molecule has 1 rings (SSSR count). The Kier molecular flexibility index (Phi) is 3.72. The first kappa shape index (κ1) is 11.9. The molecule has 0 amide bonds. The van der Waals surface area contributed by atoms with Crippen LogP contribution in [0.1, 0.15) is 12.0 Å². The van der Waals surface area contributed by atoms with E-state index in [1.165, 1.54) is 6.07 Å². The van der Waals surface area contributed by atoms with Gasteiger partial charge in [0.2, 0.25) is 0 Å². The average Bonchev–Trinajstić information content (AvgIpc) is 2.21. The maximum Gasteiger partial charge on any atom is 0.332 e. The maximum atomic E-state index is 13.2. The normalized spacial score (nSPS) is 10.9. The summed E-state index contributed by atoms with van der Waals surface area (Å²) in [6.07, 6.45) is 0.416. The van der Waals surface area contributed by atoms with Gasteiger partial charge in [-0.15, -0.1) is 0 Å². The highest BCUT2D eigenvalue weighted by atomic mass is 19.1. The first-order chi connectivity index (χ1) is 7.56. The highest BCUT2D eigenvalue weighted by Gasteiger charge is 2.11. The van der Waals surface area contributed by atoms with Crippen molar-refractivity contribution in [2.75, 3.05) is 0 Å². The van der Waals surface area contributed by atoms with Crippen molar-refractivity contribution in [1.82, 2.24) is 0 Å². The van der Waals surface area contributed by atoms with E-state index in [2.05, 4.69) is 0 Å². The molecule has 16 heavy (non-hydrogen) atoms. The Labute approximate surface area is 90.2 Å². The van der Waals surface area contributed by atoms with E-state index in [1.807, 2.05) is 0 Å². The number of halogens is 2. The smallest absolute Gasteiger partial charge is 0.332 e. The number of carbonyl (C=O) groups is 1. The summed E-state index contributed by atoms with van der Waals surface area (Å²) in [7, 11) is 0. The van der Waals surface area contributed by atoms with Crippen molar-refractivity contribution in [3.63, 3.8) is 0 Å². The zero-order valence-corrected chi connectivity index (χ0v) is 8.08. The molecule has 5 heteroatoms. The van der Waals surface area contributed by atoms with Crippen LogP contribution >= 0.6 is 0 Å². The second-order valence-electron chi connectivity index (χ2n) is 2.94. The molecular weight excluding hydrogens is 216 g/mol. The standard InChI is InChI=1S/C11H7F2NO2/c12-9-2-1-3-10(13)8(9)6-7(4-5-14)11(15)16/h1-3,6H,4H2,(H,15,16)/b7-6+. The molecule has 3 nitrogen and oxygen atoms in total. The lowest BCUT2D eigenvalue weighted by molar-refractivity contribution is -0.132. The van der Waals surface area contributed by atoms with Gasteiger partial charge in [0.15, 0.2) is 0 Å². The summed E-state index contributed by atoms with van der Waals surface area (Å²) in [6.45, 7) is 0. The van der Waals surface area contributed by atoms with Crippen LogP contribution in [0.15, 0.2) is 23.8 Å². The molecule has 0 radical (unpaired) electrons. The van der Waals surface area contributed by atoms with Crippen molar-refractivity contribution >= 4 is 12.0 Å². The predicted octanol–water partition coefficient (Wildman–Crippen LogP) is 2.35. The number of benzene rings is 1. The zero-order chi connectivity index (χ0) is 12.1. The number of nitrogens with zero attached hydrogens (tertiary/aromatic N) is 1. The Hall–Kier alpha value is -2.22. The van der Waals surface area contributed by atoms with Gasteiger partial charge in [0.05, 0.1) is 18.1 Å². The molecule has 0 saturated carbocycles. The third-order valence-corrected chi connectivity index (χ3v) is 1.86. The maximum absolute atomic E-state index is 13.2. The highest BCUT2D eigenvalue weighted by molar-refractivity contribution is 5.92. The predicted molar refractivity (Wildman–Crippen MR) is 52.2 cm³/mol. The highest BCUT2D eigenvalue weighted by Crippen LogP contribution is 2.17. The van der Waals surface area contributed by atoms with Crippen LogP contribution in [0.5, 0.6) is 0 Å². The molecule has 0 spiro atoms. The molecule has 1 N–H and O–H groups in total. The molecular formula is C11H7F2NO2. The van der Waals surface area contributed by atoms with Gasteiger partial charge in [-0.3, -0.25) is 0 Å². The number of aliphatic carboxylic acids is 1. The Balaban J connectivity index is 3.23. The zero-order valence-electron chi connectivity index (χ0n) is 8.08. The third kappa shape index (κ3) is 2.64. The van der Waals surface area contributed by atoms with Crippen molar-refractivity contribution < 1.29 is 18.7 Å². The molecule has 1 aromatic rings. The van der Waals surface area contributed by atoms with Gasteiger partial charge in [-0.05, 0) is 18.2 Å². The van der Waals surface area contributed by atoms with Gasteiger partial charge in [-0.1, -0.05) is 6.07 Å². The van der Waals surface area contributed by atoms with E-state index in [4.69, 9.17) is 10.4 Å². The van der Waals surface area contributed by atoms with Crippen molar-refractivity contribution in [2.45, 2.75) is 6.42 Å². The Bertz CT molecular complexity index is 469. The summed E-state index contributed by atoms with van der Waals surface area (Å²) in [5.41, 5.74) is -0.804. The fourth-order valence-electron chi connectivity index (χ4n) is 1.10. The van der Waals surface area contributed by atoms with E-state index in [-0.39, 0.29) is 5.57 Å². The molecule has 82 valence electrons. The molecule has 0 aliphatic carbocycles. The monoisotopic (exact) mass is 223 g/mol.